The Morgan fingerprint density at radius 2 is 1.48 bits per heavy atom. The number of phosphoric acid groups is 2. The molecule has 0 aliphatic carbocycles. The van der Waals surface area contributed by atoms with E-state index in [9.17, 15) is 15.0 Å². The highest BCUT2D eigenvalue weighted by atomic mass is 31.2. The van der Waals surface area contributed by atoms with Crippen LogP contribution in [0.15, 0.2) is 11.0 Å². The van der Waals surface area contributed by atoms with E-state index in [-0.39, 0.29) is 11.4 Å². The van der Waals surface area contributed by atoms with E-state index in [0.717, 1.165) is 4.57 Å². The van der Waals surface area contributed by atoms with Gasteiger partial charge in [0.05, 0.1) is 13.2 Å². The predicted octanol–water partition coefficient (Wildman–Crippen LogP) is -4.93. The van der Waals surface area contributed by atoms with Gasteiger partial charge in [0.15, 0.2) is 6.23 Å². The Morgan fingerprint density at radius 1 is 1.03 bits per heavy atom. The van der Waals surface area contributed by atoms with E-state index in [1.165, 1.54) is 6.20 Å². The van der Waals surface area contributed by atoms with Gasteiger partial charge in [0.25, 0.3) is 0 Å². The monoisotopic (exact) mass is 469 g/mol. The van der Waals surface area contributed by atoms with Crippen LogP contribution in [0.2, 0.25) is 0 Å². The van der Waals surface area contributed by atoms with Crippen molar-refractivity contribution in [3.05, 3.63) is 22.2 Å². The molecule has 0 amide bonds. The van der Waals surface area contributed by atoms with Crippen molar-refractivity contribution < 1.29 is 63.7 Å². The minimum Gasteiger partial charge on any atom is -0.394 e. The maximum atomic E-state index is 11.7. The standard InChI is InChI=1S/C10H15N3O6.2H3O4P/c11-8-4(2-14)1-13(10(18)12-8)9-7(17)6(16)5(3-15)19-9;2*1-5(2,3)4/h1,5-7,9,14-17H,2-3H2,(H2,11,12,18);2*(H3,1,2,3,4)/t5-,6-,7-,9-;;/m1../s1. The van der Waals surface area contributed by atoms with Crippen LogP contribution in [0.25, 0.3) is 0 Å². The molecule has 0 aromatic carbocycles. The number of aliphatic hydroxyl groups excluding tert-OH is 4. The Hall–Kier alpha value is -1.30. The molecule has 0 radical (unpaired) electrons. The molecule has 12 N–H and O–H groups in total. The van der Waals surface area contributed by atoms with Crippen molar-refractivity contribution in [1.29, 1.82) is 0 Å². The summed E-state index contributed by atoms with van der Waals surface area (Å²) in [6.45, 7) is -0.938. The summed E-state index contributed by atoms with van der Waals surface area (Å²) in [5.41, 5.74) is 4.84. The highest BCUT2D eigenvalue weighted by molar-refractivity contribution is 7.45. The fourth-order valence-corrected chi connectivity index (χ4v) is 1.94. The number of ether oxygens (including phenoxy) is 1. The number of aromatic nitrogens is 2. The first-order chi connectivity index (χ1) is 13.0. The number of anilines is 1. The third-order valence-corrected chi connectivity index (χ3v) is 3.02. The summed E-state index contributed by atoms with van der Waals surface area (Å²) < 4.78 is 23.9. The maximum Gasteiger partial charge on any atom is 0.466 e. The van der Waals surface area contributed by atoms with Gasteiger partial charge in [-0.05, 0) is 0 Å². The largest absolute Gasteiger partial charge is 0.466 e. The average Bonchev–Trinajstić information content (AvgIpc) is 2.80. The highest BCUT2D eigenvalue weighted by Crippen LogP contribution is 2.28. The lowest BCUT2D eigenvalue weighted by Crippen LogP contribution is -2.36. The van der Waals surface area contributed by atoms with Gasteiger partial charge in [-0.2, -0.15) is 4.98 Å². The SMILES string of the molecule is Nc1nc(=O)n([C@@H]2O[C@H](CO)[C@@H](O)[C@H]2O)cc1CO.O=P(O)(O)O.O=P(O)(O)O. The maximum absolute atomic E-state index is 11.7. The van der Waals surface area contributed by atoms with Gasteiger partial charge in [0.2, 0.25) is 0 Å². The molecule has 2 heterocycles. The molecule has 1 aromatic heterocycles. The molecule has 0 bridgehead atoms. The zero-order valence-electron chi connectivity index (χ0n) is 14.3. The van der Waals surface area contributed by atoms with E-state index < -0.39 is 59.1 Å². The van der Waals surface area contributed by atoms with Crippen LogP contribution < -0.4 is 11.4 Å². The fourth-order valence-electron chi connectivity index (χ4n) is 1.94. The van der Waals surface area contributed by atoms with Crippen LogP contribution in [0.3, 0.4) is 0 Å². The van der Waals surface area contributed by atoms with E-state index in [2.05, 4.69) is 4.98 Å². The molecule has 0 unspecified atom stereocenters. The van der Waals surface area contributed by atoms with Crippen molar-refractivity contribution in [3.8, 4) is 0 Å². The Labute approximate surface area is 161 Å². The smallest absolute Gasteiger partial charge is 0.394 e. The molecule has 1 aliphatic heterocycles. The molecule has 29 heavy (non-hydrogen) atoms. The minimum absolute atomic E-state index is 0.115. The summed E-state index contributed by atoms with van der Waals surface area (Å²) in [5, 5.41) is 37.5. The van der Waals surface area contributed by atoms with E-state index in [1.807, 2.05) is 0 Å². The normalized spacial score (nSPS) is 24.2. The van der Waals surface area contributed by atoms with Gasteiger partial charge in [-0.3, -0.25) is 4.57 Å². The van der Waals surface area contributed by atoms with Crippen molar-refractivity contribution in [2.24, 2.45) is 0 Å². The Bertz CT molecular complexity index is 769. The molecule has 1 saturated heterocycles. The lowest BCUT2D eigenvalue weighted by atomic mass is 10.1. The van der Waals surface area contributed by atoms with Crippen molar-refractivity contribution in [1.82, 2.24) is 9.55 Å². The second-order valence-corrected chi connectivity index (χ2v) is 7.31. The first-order valence-corrected chi connectivity index (χ1v) is 10.3. The van der Waals surface area contributed by atoms with Crippen molar-refractivity contribution in [3.63, 3.8) is 0 Å². The van der Waals surface area contributed by atoms with E-state index in [1.54, 1.807) is 0 Å². The molecular weight excluding hydrogens is 448 g/mol. The summed E-state index contributed by atoms with van der Waals surface area (Å²) in [4.78, 5) is 58.3. The molecule has 1 aliphatic rings. The van der Waals surface area contributed by atoms with Crippen LogP contribution in [-0.4, -0.2) is 84.3 Å². The Kier molecular flexibility index (Phi) is 10.7. The second kappa shape index (κ2) is 11.2. The number of nitrogen functional groups attached to an aromatic ring is 1. The minimum atomic E-state index is -4.64. The lowest BCUT2D eigenvalue weighted by molar-refractivity contribution is -0.0551. The summed E-state index contributed by atoms with van der Waals surface area (Å²) in [5.74, 6) is -0.115. The third-order valence-electron chi connectivity index (χ3n) is 3.02. The van der Waals surface area contributed by atoms with Crippen LogP contribution in [0.4, 0.5) is 5.82 Å². The number of nitrogens with zero attached hydrogens (tertiary/aromatic N) is 2. The van der Waals surface area contributed by atoms with Gasteiger partial charge in [-0.15, -0.1) is 0 Å². The van der Waals surface area contributed by atoms with Gasteiger partial charge in [0.1, 0.15) is 24.1 Å². The highest BCUT2D eigenvalue weighted by Gasteiger charge is 2.43. The second-order valence-electron chi connectivity index (χ2n) is 5.25. The number of nitrogens with two attached hydrogens (primary N) is 1. The summed E-state index contributed by atoms with van der Waals surface area (Å²) in [6.07, 6.45) is -3.71. The van der Waals surface area contributed by atoms with E-state index in [4.69, 9.17) is 59.2 Å². The van der Waals surface area contributed by atoms with Crippen LogP contribution >= 0.6 is 15.6 Å². The Balaban J connectivity index is 0.000000653. The van der Waals surface area contributed by atoms with Crippen molar-refractivity contribution >= 4 is 21.5 Å². The van der Waals surface area contributed by atoms with Crippen LogP contribution in [-0.2, 0) is 20.5 Å². The first-order valence-electron chi connectivity index (χ1n) is 7.17. The predicted molar refractivity (Wildman–Crippen MR) is 90.4 cm³/mol. The van der Waals surface area contributed by atoms with Crippen LogP contribution in [0.1, 0.15) is 11.8 Å². The van der Waals surface area contributed by atoms with E-state index >= 15 is 0 Å². The fraction of sp³-hybridized carbons (Fsp3) is 0.600. The third kappa shape index (κ3) is 10.9. The molecule has 19 heteroatoms. The molecular formula is C10H21N3O14P2. The van der Waals surface area contributed by atoms with Crippen molar-refractivity contribution in [2.75, 3.05) is 12.3 Å². The molecule has 1 aromatic rings. The van der Waals surface area contributed by atoms with Gasteiger partial charge in [-0.25, -0.2) is 13.9 Å². The van der Waals surface area contributed by atoms with Crippen molar-refractivity contribution in [2.45, 2.75) is 31.1 Å². The average molecular weight is 469 g/mol. The Morgan fingerprint density at radius 3 is 1.83 bits per heavy atom. The molecule has 4 atom stereocenters. The van der Waals surface area contributed by atoms with Gasteiger partial charge in [-0.1, -0.05) is 0 Å². The van der Waals surface area contributed by atoms with E-state index in [0.29, 0.717) is 0 Å². The van der Waals surface area contributed by atoms with Crippen LogP contribution in [0, 0.1) is 0 Å². The molecule has 170 valence electrons. The number of rotatable bonds is 3. The summed E-state index contributed by atoms with van der Waals surface area (Å²) in [7, 11) is -9.28. The molecule has 0 spiro atoms. The molecule has 17 nitrogen and oxygen atoms in total. The first kappa shape index (κ1) is 27.7. The topological polar surface area (TPSA) is 307 Å². The quantitative estimate of drug-likeness (QED) is 0.185. The number of aliphatic hydroxyl groups is 4. The number of hydrogen-bond acceptors (Lipinski definition) is 10. The van der Waals surface area contributed by atoms with Gasteiger partial charge >= 0.3 is 21.3 Å². The molecule has 0 saturated carbocycles. The van der Waals surface area contributed by atoms with Gasteiger partial charge in [0, 0.05) is 11.8 Å². The van der Waals surface area contributed by atoms with Gasteiger partial charge < -0.3 is 60.3 Å². The van der Waals surface area contributed by atoms with Crippen LogP contribution in [0.5, 0.6) is 0 Å². The lowest BCUT2D eigenvalue weighted by Gasteiger charge is -2.18. The zero-order chi connectivity index (χ0) is 23.2. The zero-order valence-corrected chi connectivity index (χ0v) is 16.1. The summed E-state index contributed by atoms with van der Waals surface area (Å²) >= 11 is 0. The molecule has 2 rings (SSSR count). The number of hydrogen-bond donors (Lipinski definition) is 11. The molecule has 1 fully saturated rings. The summed E-state index contributed by atoms with van der Waals surface area (Å²) in [6, 6.07) is 0.